The highest BCUT2D eigenvalue weighted by atomic mass is 35.5. The van der Waals surface area contributed by atoms with Crippen LogP contribution in [0.5, 0.6) is 0 Å². The summed E-state index contributed by atoms with van der Waals surface area (Å²) in [5, 5.41) is 3.55. The van der Waals surface area contributed by atoms with Crippen molar-refractivity contribution in [3.05, 3.63) is 101 Å². The molecule has 0 unspecified atom stereocenters. The van der Waals surface area contributed by atoms with Crippen molar-refractivity contribution < 1.29 is 4.79 Å². The Hall–Kier alpha value is -2.98. The van der Waals surface area contributed by atoms with E-state index < -0.39 is 0 Å². The van der Waals surface area contributed by atoms with Crippen LogP contribution < -0.4 is 5.32 Å². The molecular formula is C23H24ClN3O. The van der Waals surface area contributed by atoms with Crippen molar-refractivity contribution in [1.29, 1.82) is 0 Å². The molecule has 0 saturated carbocycles. The van der Waals surface area contributed by atoms with Gasteiger partial charge in [-0.15, -0.1) is 6.58 Å². The van der Waals surface area contributed by atoms with Crippen LogP contribution in [0.25, 0.3) is 0 Å². The molecule has 0 saturated heterocycles. The number of carbonyl (C=O) groups is 1. The highest BCUT2D eigenvalue weighted by molar-refractivity contribution is 6.30. The summed E-state index contributed by atoms with van der Waals surface area (Å²) in [6.07, 6.45) is 3.77. The van der Waals surface area contributed by atoms with Crippen LogP contribution in [0.4, 0.5) is 10.5 Å². The summed E-state index contributed by atoms with van der Waals surface area (Å²) < 4.78 is 2.17. The number of amides is 2. The number of nitrogens with zero attached hydrogens (tertiary/aromatic N) is 2. The number of hydrogen-bond acceptors (Lipinski definition) is 1. The van der Waals surface area contributed by atoms with E-state index in [9.17, 15) is 4.79 Å². The minimum atomic E-state index is -0.175. The van der Waals surface area contributed by atoms with Crippen LogP contribution in [0.3, 0.4) is 0 Å². The van der Waals surface area contributed by atoms with Gasteiger partial charge < -0.3 is 14.8 Å². The van der Waals surface area contributed by atoms with Gasteiger partial charge in [0, 0.05) is 35.7 Å². The second-order valence-corrected chi connectivity index (χ2v) is 7.16. The quantitative estimate of drug-likeness (QED) is 0.512. The summed E-state index contributed by atoms with van der Waals surface area (Å²) in [5.74, 6) is 0. The minimum Gasteiger partial charge on any atom is -0.345 e. The molecular weight excluding hydrogens is 370 g/mol. The van der Waals surface area contributed by atoms with Crippen molar-refractivity contribution in [2.75, 3.05) is 11.9 Å². The van der Waals surface area contributed by atoms with E-state index in [1.807, 2.05) is 18.3 Å². The van der Waals surface area contributed by atoms with Gasteiger partial charge in [-0.05, 0) is 48.9 Å². The standard InChI is InChI=1S/C23H24ClN3O/c1-3-13-27(23(28)25-21-11-9-20(24)10-12-21)17-22-8-5-14-26(22)16-19-7-4-6-18(2)15-19/h3-12,14-15H,1,13,16-17H2,2H3,(H,25,28). The first kappa shape index (κ1) is 19.8. The summed E-state index contributed by atoms with van der Waals surface area (Å²) in [6.45, 7) is 7.59. The summed E-state index contributed by atoms with van der Waals surface area (Å²) in [7, 11) is 0. The zero-order valence-corrected chi connectivity index (χ0v) is 16.7. The van der Waals surface area contributed by atoms with Gasteiger partial charge in [-0.2, -0.15) is 0 Å². The molecule has 3 rings (SSSR count). The largest absolute Gasteiger partial charge is 0.345 e. The van der Waals surface area contributed by atoms with Crippen LogP contribution in [0, 0.1) is 6.92 Å². The second-order valence-electron chi connectivity index (χ2n) is 6.72. The molecule has 4 nitrogen and oxygen atoms in total. The third-order valence-electron chi connectivity index (χ3n) is 4.44. The Kier molecular flexibility index (Phi) is 6.56. The van der Waals surface area contributed by atoms with Gasteiger partial charge in [0.05, 0.1) is 6.54 Å². The molecule has 3 aromatic rings. The van der Waals surface area contributed by atoms with E-state index in [-0.39, 0.29) is 6.03 Å². The van der Waals surface area contributed by atoms with Crippen molar-refractivity contribution in [3.8, 4) is 0 Å². The van der Waals surface area contributed by atoms with Crippen molar-refractivity contribution in [2.45, 2.75) is 20.0 Å². The Morgan fingerprint density at radius 2 is 1.96 bits per heavy atom. The number of aromatic nitrogens is 1. The van der Waals surface area contributed by atoms with Crippen LogP contribution in [0.2, 0.25) is 5.02 Å². The fourth-order valence-corrected chi connectivity index (χ4v) is 3.19. The van der Waals surface area contributed by atoms with E-state index in [4.69, 9.17) is 11.6 Å². The third kappa shape index (κ3) is 5.27. The Bertz CT molecular complexity index is 946. The van der Waals surface area contributed by atoms with E-state index in [2.05, 4.69) is 47.7 Å². The average Bonchev–Trinajstić information content (AvgIpc) is 3.10. The lowest BCUT2D eigenvalue weighted by atomic mass is 10.1. The molecule has 0 radical (unpaired) electrons. The number of carbonyl (C=O) groups excluding carboxylic acids is 1. The maximum absolute atomic E-state index is 12.8. The molecule has 28 heavy (non-hydrogen) atoms. The van der Waals surface area contributed by atoms with Crippen LogP contribution in [-0.4, -0.2) is 22.0 Å². The molecule has 0 spiro atoms. The van der Waals surface area contributed by atoms with Gasteiger partial charge >= 0.3 is 6.03 Å². The smallest absolute Gasteiger partial charge is 0.322 e. The van der Waals surface area contributed by atoms with Crippen LogP contribution in [0.1, 0.15) is 16.8 Å². The lowest BCUT2D eigenvalue weighted by Gasteiger charge is -2.23. The van der Waals surface area contributed by atoms with Crippen LogP contribution >= 0.6 is 11.6 Å². The van der Waals surface area contributed by atoms with Crippen molar-refractivity contribution >= 4 is 23.3 Å². The Morgan fingerprint density at radius 1 is 1.18 bits per heavy atom. The fourth-order valence-electron chi connectivity index (χ4n) is 3.06. The molecule has 0 bridgehead atoms. The molecule has 2 aromatic carbocycles. The Labute approximate surface area is 171 Å². The number of urea groups is 1. The van der Waals surface area contributed by atoms with Gasteiger partial charge in [0.2, 0.25) is 0 Å². The van der Waals surface area contributed by atoms with E-state index in [1.54, 1.807) is 35.2 Å². The summed E-state index contributed by atoms with van der Waals surface area (Å²) >= 11 is 5.91. The summed E-state index contributed by atoms with van der Waals surface area (Å²) in [5.41, 5.74) is 4.24. The van der Waals surface area contributed by atoms with E-state index in [0.717, 1.165) is 12.2 Å². The molecule has 2 amide bonds. The maximum Gasteiger partial charge on any atom is 0.322 e. The van der Waals surface area contributed by atoms with E-state index >= 15 is 0 Å². The molecule has 1 aromatic heterocycles. The molecule has 0 fully saturated rings. The highest BCUT2D eigenvalue weighted by Crippen LogP contribution is 2.16. The van der Waals surface area contributed by atoms with Crippen LogP contribution in [-0.2, 0) is 13.1 Å². The number of aryl methyl sites for hydroxylation is 1. The lowest BCUT2D eigenvalue weighted by molar-refractivity contribution is 0.214. The average molecular weight is 394 g/mol. The van der Waals surface area contributed by atoms with Gasteiger partial charge in [0.1, 0.15) is 0 Å². The molecule has 1 N–H and O–H groups in total. The Balaban J connectivity index is 1.72. The van der Waals surface area contributed by atoms with Gasteiger partial charge in [-0.3, -0.25) is 0 Å². The first-order valence-electron chi connectivity index (χ1n) is 9.17. The lowest BCUT2D eigenvalue weighted by Crippen LogP contribution is -2.35. The predicted molar refractivity (Wildman–Crippen MR) is 116 cm³/mol. The number of benzene rings is 2. The van der Waals surface area contributed by atoms with Gasteiger partial charge in [-0.25, -0.2) is 4.79 Å². The zero-order valence-electron chi connectivity index (χ0n) is 15.9. The number of rotatable bonds is 7. The van der Waals surface area contributed by atoms with Gasteiger partial charge in [-0.1, -0.05) is 47.5 Å². The number of nitrogens with one attached hydrogen (secondary N) is 1. The Morgan fingerprint density at radius 3 is 2.68 bits per heavy atom. The third-order valence-corrected chi connectivity index (χ3v) is 4.70. The van der Waals surface area contributed by atoms with Crippen molar-refractivity contribution in [3.63, 3.8) is 0 Å². The minimum absolute atomic E-state index is 0.175. The molecule has 0 aliphatic carbocycles. The van der Waals surface area contributed by atoms with Crippen molar-refractivity contribution in [1.82, 2.24) is 9.47 Å². The zero-order chi connectivity index (χ0) is 19.9. The van der Waals surface area contributed by atoms with Gasteiger partial charge in [0.25, 0.3) is 0 Å². The number of anilines is 1. The van der Waals surface area contributed by atoms with Crippen molar-refractivity contribution in [2.24, 2.45) is 0 Å². The number of hydrogen-bond donors (Lipinski definition) is 1. The molecule has 0 atom stereocenters. The van der Waals surface area contributed by atoms with E-state index in [0.29, 0.717) is 23.8 Å². The summed E-state index contributed by atoms with van der Waals surface area (Å²) in [6, 6.07) is 19.4. The van der Waals surface area contributed by atoms with Crippen LogP contribution in [0.15, 0.2) is 79.5 Å². The van der Waals surface area contributed by atoms with Gasteiger partial charge in [0.15, 0.2) is 0 Å². The normalized spacial score (nSPS) is 10.5. The topological polar surface area (TPSA) is 37.3 Å². The highest BCUT2D eigenvalue weighted by Gasteiger charge is 2.15. The monoisotopic (exact) mass is 393 g/mol. The fraction of sp³-hybridized carbons (Fsp3) is 0.174. The first-order chi connectivity index (χ1) is 13.5. The maximum atomic E-state index is 12.8. The molecule has 5 heteroatoms. The second kappa shape index (κ2) is 9.29. The molecule has 0 aliphatic rings. The SMILES string of the molecule is C=CCN(Cc1cccn1Cc1cccc(C)c1)C(=O)Nc1ccc(Cl)cc1. The number of halogens is 1. The molecule has 1 heterocycles. The summed E-state index contributed by atoms with van der Waals surface area (Å²) in [4.78, 5) is 14.5. The molecule has 0 aliphatic heterocycles. The predicted octanol–water partition coefficient (Wildman–Crippen LogP) is 5.72. The first-order valence-corrected chi connectivity index (χ1v) is 9.55. The van der Waals surface area contributed by atoms with E-state index in [1.165, 1.54) is 11.1 Å². The molecule has 144 valence electrons.